The van der Waals surface area contributed by atoms with Crippen LogP contribution in [-0.4, -0.2) is 10.9 Å². The third-order valence-electron chi connectivity index (χ3n) is 2.76. The van der Waals surface area contributed by atoms with Crippen molar-refractivity contribution in [3.05, 3.63) is 53.3 Å². The molecular weight excluding hydrogens is 272 g/mol. The fourth-order valence-corrected chi connectivity index (χ4v) is 2.66. The number of nitrogen functional groups attached to an aromatic ring is 2. The van der Waals surface area contributed by atoms with Crippen LogP contribution < -0.4 is 17.0 Å². The third kappa shape index (κ3) is 3.49. The minimum Gasteiger partial charge on any atom is -0.399 e. The topological polar surface area (TPSA) is 94.0 Å². The molecule has 1 aromatic carbocycles. The summed E-state index contributed by atoms with van der Waals surface area (Å²) in [5.74, 6) is 5.37. The van der Waals surface area contributed by atoms with E-state index in [9.17, 15) is 4.79 Å². The van der Waals surface area contributed by atoms with E-state index in [0.29, 0.717) is 11.4 Å². The zero-order chi connectivity index (χ0) is 14.5. The number of benzene rings is 1. The second-order valence-electron chi connectivity index (χ2n) is 4.30. The van der Waals surface area contributed by atoms with Crippen molar-refractivity contribution in [1.29, 1.82) is 0 Å². The Morgan fingerprint density at radius 3 is 2.90 bits per heavy atom. The molecule has 0 unspecified atom stereocenters. The molecule has 0 aliphatic carbocycles. The molecule has 20 heavy (non-hydrogen) atoms. The summed E-state index contributed by atoms with van der Waals surface area (Å²) in [6.07, 6.45) is 0. The van der Waals surface area contributed by atoms with Crippen LogP contribution in [0.2, 0.25) is 0 Å². The number of hydrogen-bond acceptors (Lipinski definition) is 5. The highest BCUT2D eigenvalue weighted by atomic mass is 32.2. The van der Waals surface area contributed by atoms with Crippen molar-refractivity contribution in [2.45, 2.75) is 17.6 Å². The first-order valence-electron chi connectivity index (χ1n) is 6.06. The van der Waals surface area contributed by atoms with E-state index < -0.39 is 5.91 Å². The number of thioether (sulfide) groups is 1. The van der Waals surface area contributed by atoms with Crippen LogP contribution in [0.3, 0.4) is 0 Å². The largest absolute Gasteiger partial charge is 0.399 e. The summed E-state index contributed by atoms with van der Waals surface area (Å²) in [6, 6.07) is 11.1. The smallest absolute Gasteiger partial charge is 0.283 e. The highest BCUT2D eigenvalue weighted by molar-refractivity contribution is 7.98. The number of rotatable bonds is 4. The van der Waals surface area contributed by atoms with E-state index in [0.717, 1.165) is 16.3 Å². The Kier molecular flexibility index (Phi) is 4.60. The highest BCUT2D eigenvalue weighted by Crippen LogP contribution is 2.27. The summed E-state index contributed by atoms with van der Waals surface area (Å²) in [5.41, 5.74) is 10.9. The van der Waals surface area contributed by atoms with Crippen molar-refractivity contribution in [3.63, 3.8) is 0 Å². The molecule has 1 heterocycles. The van der Waals surface area contributed by atoms with Gasteiger partial charge < -0.3 is 5.73 Å². The zero-order valence-corrected chi connectivity index (χ0v) is 11.9. The number of nitrogens with two attached hydrogens (primary N) is 2. The van der Waals surface area contributed by atoms with Gasteiger partial charge in [0.05, 0.1) is 5.69 Å². The number of anilines is 1. The van der Waals surface area contributed by atoms with Crippen LogP contribution in [0, 0.1) is 6.92 Å². The quantitative estimate of drug-likeness (QED) is 0.262. The van der Waals surface area contributed by atoms with Crippen LogP contribution in [0.5, 0.6) is 0 Å². The van der Waals surface area contributed by atoms with Gasteiger partial charge in [-0.1, -0.05) is 12.1 Å². The van der Waals surface area contributed by atoms with Gasteiger partial charge in [0.15, 0.2) is 0 Å². The van der Waals surface area contributed by atoms with E-state index in [1.807, 2.05) is 31.2 Å². The normalized spacial score (nSPS) is 10.3. The minimum atomic E-state index is -0.392. The molecular formula is C14H16N4OS. The lowest BCUT2D eigenvalue weighted by molar-refractivity contribution is 0.0948. The lowest BCUT2D eigenvalue weighted by atomic mass is 10.2. The van der Waals surface area contributed by atoms with Crippen molar-refractivity contribution < 1.29 is 4.79 Å². The molecule has 5 nitrogen and oxygen atoms in total. The van der Waals surface area contributed by atoms with Crippen LogP contribution in [0.25, 0.3) is 0 Å². The average molecular weight is 288 g/mol. The summed E-state index contributed by atoms with van der Waals surface area (Å²) in [4.78, 5) is 16.8. The minimum absolute atomic E-state index is 0.315. The van der Waals surface area contributed by atoms with Crippen molar-refractivity contribution in [2.24, 2.45) is 5.84 Å². The standard InChI is InChI=1S/C14H16N4OS/c1-9-5-6-10(15)7-13(9)20-8-11-3-2-4-12(17-11)14(19)18-16/h2-7H,8,15-16H2,1H3,(H,18,19). The number of carbonyl (C=O) groups excluding carboxylic acids is 1. The molecule has 5 N–H and O–H groups in total. The number of carbonyl (C=O) groups is 1. The molecule has 2 rings (SSSR count). The predicted molar refractivity (Wildman–Crippen MR) is 81.0 cm³/mol. The maximum Gasteiger partial charge on any atom is 0.283 e. The summed E-state index contributed by atoms with van der Waals surface area (Å²) < 4.78 is 0. The second-order valence-corrected chi connectivity index (χ2v) is 5.32. The van der Waals surface area contributed by atoms with Gasteiger partial charge in [-0.3, -0.25) is 10.2 Å². The maximum atomic E-state index is 11.4. The fraction of sp³-hybridized carbons (Fsp3) is 0.143. The molecule has 1 amide bonds. The van der Waals surface area contributed by atoms with Gasteiger partial charge in [-0.2, -0.15) is 0 Å². The lowest BCUT2D eigenvalue weighted by Crippen LogP contribution is -2.30. The number of hydrazine groups is 1. The monoisotopic (exact) mass is 288 g/mol. The van der Waals surface area contributed by atoms with Crippen LogP contribution in [0.1, 0.15) is 21.7 Å². The van der Waals surface area contributed by atoms with Crippen molar-refractivity contribution >= 4 is 23.4 Å². The Labute approximate surface area is 121 Å². The number of amides is 1. The van der Waals surface area contributed by atoms with Gasteiger partial charge >= 0.3 is 0 Å². The summed E-state index contributed by atoms with van der Waals surface area (Å²) in [7, 11) is 0. The number of hydrogen-bond donors (Lipinski definition) is 3. The Morgan fingerprint density at radius 1 is 1.35 bits per heavy atom. The van der Waals surface area contributed by atoms with Gasteiger partial charge in [0.2, 0.25) is 0 Å². The van der Waals surface area contributed by atoms with Gasteiger partial charge in [-0.15, -0.1) is 11.8 Å². The Hall–Kier alpha value is -2.05. The van der Waals surface area contributed by atoms with E-state index in [-0.39, 0.29) is 0 Å². The van der Waals surface area contributed by atoms with Crippen LogP contribution in [0.4, 0.5) is 5.69 Å². The Morgan fingerprint density at radius 2 is 2.15 bits per heavy atom. The average Bonchev–Trinajstić information content (AvgIpc) is 2.47. The molecule has 0 bridgehead atoms. The number of pyridine rings is 1. The summed E-state index contributed by atoms with van der Waals surface area (Å²) in [5, 5.41) is 0. The molecule has 0 saturated carbocycles. The first-order chi connectivity index (χ1) is 9.60. The van der Waals surface area contributed by atoms with Gasteiger partial charge in [-0.25, -0.2) is 10.8 Å². The van der Waals surface area contributed by atoms with E-state index in [1.165, 1.54) is 5.56 Å². The fourth-order valence-electron chi connectivity index (χ4n) is 1.68. The molecule has 2 aromatic rings. The molecule has 0 aliphatic rings. The van der Waals surface area contributed by atoms with Crippen LogP contribution in [-0.2, 0) is 5.75 Å². The lowest BCUT2D eigenvalue weighted by Gasteiger charge is -2.07. The Balaban J connectivity index is 2.11. The number of aryl methyl sites for hydroxylation is 1. The van der Waals surface area contributed by atoms with E-state index in [4.69, 9.17) is 11.6 Å². The molecule has 0 aliphatic heterocycles. The molecule has 6 heteroatoms. The van der Waals surface area contributed by atoms with Crippen molar-refractivity contribution in [2.75, 3.05) is 5.73 Å². The van der Waals surface area contributed by atoms with Gasteiger partial charge in [0.25, 0.3) is 5.91 Å². The van der Waals surface area contributed by atoms with Crippen molar-refractivity contribution in [1.82, 2.24) is 10.4 Å². The first-order valence-corrected chi connectivity index (χ1v) is 7.04. The third-order valence-corrected chi connectivity index (χ3v) is 3.95. The molecule has 0 radical (unpaired) electrons. The van der Waals surface area contributed by atoms with E-state index >= 15 is 0 Å². The zero-order valence-electron chi connectivity index (χ0n) is 11.1. The predicted octanol–water partition coefficient (Wildman–Crippen LogP) is 1.87. The van der Waals surface area contributed by atoms with Crippen LogP contribution in [0.15, 0.2) is 41.3 Å². The van der Waals surface area contributed by atoms with Crippen LogP contribution >= 0.6 is 11.8 Å². The number of aromatic nitrogens is 1. The summed E-state index contributed by atoms with van der Waals surface area (Å²) >= 11 is 1.64. The molecule has 0 fully saturated rings. The van der Waals surface area contributed by atoms with Gasteiger partial charge in [-0.05, 0) is 36.8 Å². The molecule has 104 valence electrons. The molecule has 0 spiro atoms. The van der Waals surface area contributed by atoms with Crippen molar-refractivity contribution in [3.8, 4) is 0 Å². The molecule has 1 aromatic heterocycles. The molecule has 0 saturated heterocycles. The van der Waals surface area contributed by atoms with Gasteiger partial charge in [0, 0.05) is 16.3 Å². The second kappa shape index (κ2) is 6.40. The van der Waals surface area contributed by atoms with Gasteiger partial charge in [0.1, 0.15) is 5.69 Å². The molecule has 0 atom stereocenters. The number of nitrogens with zero attached hydrogens (tertiary/aromatic N) is 1. The summed E-state index contributed by atoms with van der Waals surface area (Å²) in [6.45, 7) is 2.04. The Bertz CT molecular complexity index is 630. The maximum absolute atomic E-state index is 11.4. The van der Waals surface area contributed by atoms with E-state index in [1.54, 1.807) is 23.9 Å². The number of nitrogens with one attached hydrogen (secondary N) is 1. The van der Waals surface area contributed by atoms with E-state index in [2.05, 4.69) is 10.4 Å². The first kappa shape index (κ1) is 14.4. The highest BCUT2D eigenvalue weighted by Gasteiger charge is 2.07. The SMILES string of the molecule is Cc1ccc(N)cc1SCc1cccc(C(=O)NN)n1.